The molecule has 0 radical (unpaired) electrons. The minimum Gasteiger partial charge on any atom is -0.455 e. The average Bonchev–Trinajstić information content (AvgIpc) is 3.06. The second kappa shape index (κ2) is 8.66. The average molecular weight is 415 g/mol. The number of carbonyl (C=O) groups excluding carboxylic acids is 3. The number of ether oxygens (including phenoxy) is 1. The first kappa shape index (κ1) is 20.9. The van der Waals surface area contributed by atoms with Gasteiger partial charge < -0.3 is 15.0 Å². The lowest BCUT2D eigenvalue weighted by Crippen LogP contribution is -2.28. The maximum absolute atomic E-state index is 12.4. The summed E-state index contributed by atoms with van der Waals surface area (Å²) in [7, 11) is 0. The number of hydrogen-bond donors (Lipinski definition) is 1. The predicted molar refractivity (Wildman–Crippen MR) is 112 cm³/mol. The molecule has 7 heteroatoms. The summed E-state index contributed by atoms with van der Waals surface area (Å²) < 4.78 is 5.14. The van der Waals surface area contributed by atoms with Gasteiger partial charge in [0.05, 0.1) is 5.92 Å². The van der Waals surface area contributed by atoms with Gasteiger partial charge in [-0.2, -0.15) is 0 Å². The molecule has 152 valence electrons. The highest BCUT2D eigenvalue weighted by Crippen LogP contribution is 2.29. The number of nitrogens with one attached hydrogen (secondary N) is 1. The van der Waals surface area contributed by atoms with Crippen molar-refractivity contribution in [3.05, 3.63) is 58.1 Å². The van der Waals surface area contributed by atoms with Crippen LogP contribution in [0.1, 0.15) is 23.1 Å². The third-order valence-corrected chi connectivity index (χ3v) is 5.32. The second-order valence-electron chi connectivity index (χ2n) is 7.32. The number of esters is 1. The van der Waals surface area contributed by atoms with Crippen LogP contribution in [0.4, 0.5) is 11.4 Å². The van der Waals surface area contributed by atoms with Crippen LogP contribution in [0, 0.1) is 26.7 Å². The van der Waals surface area contributed by atoms with Crippen molar-refractivity contribution < 1.29 is 19.1 Å². The Labute approximate surface area is 174 Å². The first-order valence-electron chi connectivity index (χ1n) is 9.35. The van der Waals surface area contributed by atoms with Gasteiger partial charge in [-0.15, -0.1) is 0 Å². The third kappa shape index (κ3) is 4.95. The Hall–Kier alpha value is -2.86. The van der Waals surface area contributed by atoms with E-state index in [2.05, 4.69) is 5.32 Å². The van der Waals surface area contributed by atoms with Gasteiger partial charge in [-0.25, -0.2) is 0 Å². The molecule has 0 aliphatic carbocycles. The van der Waals surface area contributed by atoms with Gasteiger partial charge in [-0.3, -0.25) is 14.4 Å². The molecule has 1 fully saturated rings. The summed E-state index contributed by atoms with van der Waals surface area (Å²) in [4.78, 5) is 38.5. The number of anilines is 2. The molecule has 1 saturated heterocycles. The van der Waals surface area contributed by atoms with E-state index in [1.54, 1.807) is 23.1 Å². The Balaban J connectivity index is 1.56. The normalized spacial score (nSPS) is 16.1. The molecule has 3 rings (SSSR count). The smallest absolute Gasteiger partial charge is 0.311 e. The molecule has 1 heterocycles. The molecule has 1 atom stereocenters. The van der Waals surface area contributed by atoms with Crippen molar-refractivity contribution in [2.75, 3.05) is 23.4 Å². The Morgan fingerprint density at radius 2 is 1.86 bits per heavy atom. The van der Waals surface area contributed by atoms with E-state index in [1.807, 2.05) is 39.0 Å². The fourth-order valence-corrected chi connectivity index (χ4v) is 3.41. The van der Waals surface area contributed by atoms with Crippen LogP contribution < -0.4 is 10.2 Å². The Bertz CT molecular complexity index is 973. The molecule has 1 N–H and O–H groups in total. The van der Waals surface area contributed by atoms with Crippen LogP contribution >= 0.6 is 11.6 Å². The zero-order chi connectivity index (χ0) is 21.1. The minimum atomic E-state index is -0.593. The quantitative estimate of drug-likeness (QED) is 0.755. The molecule has 0 spiro atoms. The largest absolute Gasteiger partial charge is 0.455 e. The maximum atomic E-state index is 12.4. The Morgan fingerprint density at radius 3 is 2.59 bits per heavy atom. The Kier molecular flexibility index (Phi) is 6.23. The van der Waals surface area contributed by atoms with E-state index in [-0.39, 0.29) is 18.9 Å². The Morgan fingerprint density at radius 1 is 1.14 bits per heavy atom. The van der Waals surface area contributed by atoms with Crippen LogP contribution in [0.5, 0.6) is 0 Å². The van der Waals surface area contributed by atoms with Crippen LogP contribution in [-0.2, 0) is 19.1 Å². The molecule has 29 heavy (non-hydrogen) atoms. The van der Waals surface area contributed by atoms with Crippen LogP contribution in [0.3, 0.4) is 0 Å². The van der Waals surface area contributed by atoms with E-state index in [0.29, 0.717) is 10.7 Å². The van der Waals surface area contributed by atoms with Gasteiger partial charge in [-0.05, 0) is 55.7 Å². The first-order valence-corrected chi connectivity index (χ1v) is 9.72. The van der Waals surface area contributed by atoms with Crippen molar-refractivity contribution in [1.29, 1.82) is 0 Å². The summed E-state index contributed by atoms with van der Waals surface area (Å²) in [5.41, 5.74) is 4.24. The molecule has 1 aliphatic rings. The zero-order valence-electron chi connectivity index (χ0n) is 16.6. The fourth-order valence-electron chi connectivity index (χ4n) is 3.23. The van der Waals surface area contributed by atoms with Crippen molar-refractivity contribution >= 4 is 40.8 Å². The molecule has 6 nitrogen and oxygen atoms in total. The summed E-state index contributed by atoms with van der Waals surface area (Å²) in [6.07, 6.45) is 0.0708. The first-order chi connectivity index (χ1) is 13.7. The number of benzene rings is 2. The molecule has 0 saturated carbocycles. The summed E-state index contributed by atoms with van der Waals surface area (Å²) in [6, 6.07) is 11.0. The van der Waals surface area contributed by atoms with Gasteiger partial charge in [0.25, 0.3) is 5.91 Å². The highest BCUT2D eigenvalue weighted by molar-refractivity contribution is 6.31. The SMILES string of the molecule is Cc1ccc(C)c(N2C[C@@H](C(=O)OCC(=O)Nc3ccc(C)c(Cl)c3)CC2=O)c1. The van der Waals surface area contributed by atoms with Gasteiger partial charge in [0.15, 0.2) is 6.61 Å². The third-order valence-electron chi connectivity index (χ3n) is 4.91. The lowest BCUT2D eigenvalue weighted by Gasteiger charge is -2.19. The van der Waals surface area contributed by atoms with Gasteiger partial charge in [0, 0.05) is 29.4 Å². The molecular formula is C22H23ClN2O4. The van der Waals surface area contributed by atoms with Crippen LogP contribution in [0.15, 0.2) is 36.4 Å². The van der Waals surface area contributed by atoms with E-state index in [0.717, 1.165) is 22.4 Å². The standard InChI is InChI=1S/C22H23ClN2O4/c1-13-4-5-15(3)19(8-13)25-11-16(9-21(25)27)22(28)29-12-20(26)24-17-7-6-14(2)18(23)10-17/h4-8,10,16H,9,11-12H2,1-3H3,(H,24,26)/t16-/m0/s1. The molecular weight excluding hydrogens is 392 g/mol. The van der Waals surface area contributed by atoms with E-state index in [4.69, 9.17) is 16.3 Å². The van der Waals surface area contributed by atoms with E-state index >= 15 is 0 Å². The van der Waals surface area contributed by atoms with Crippen LogP contribution in [0.25, 0.3) is 0 Å². The topological polar surface area (TPSA) is 75.7 Å². The highest BCUT2D eigenvalue weighted by atomic mass is 35.5. The number of rotatable bonds is 5. The number of hydrogen-bond acceptors (Lipinski definition) is 4. The molecule has 2 amide bonds. The lowest BCUT2D eigenvalue weighted by atomic mass is 10.1. The van der Waals surface area contributed by atoms with Crippen molar-refractivity contribution in [3.63, 3.8) is 0 Å². The van der Waals surface area contributed by atoms with Gasteiger partial charge in [0.2, 0.25) is 5.91 Å². The maximum Gasteiger partial charge on any atom is 0.311 e. The monoisotopic (exact) mass is 414 g/mol. The number of halogens is 1. The number of nitrogens with zero attached hydrogens (tertiary/aromatic N) is 1. The lowest BCUT2D eigenvalue weighted by molar-refractivity contribution is -0.151. The summed E-state index contributed by atoms with van der Waals surface area (Å²) in [6.45, 7) is 5.57. The van der Waals surface area contributed by atoms with Gasteiger partial charge in [0.1, 0.15) is 0 Å². The van der Waals surface area contributed by atoms with Crippen LogP contribution in [-0.4, -0.2) is 30.9 Å². The second-order valence-corrected chi connectivity index (χ2v) is 7.72. The van der Waals surface area contributed by atoms with Crippen molar-refractivity contribution in [3.8, 4) is 0 Å². The van der Waals surface area contributed by atoms with Gasteiger partial charge in [-0.1, -0.05) is 29.8 Å². The fraction of sp³-hybridized carbons (Fsp3) is 0.318. The summed E-state index contributed by atoms with van der Waals surface area (Å²) in [5, 5.41) is 3.17. The molecule has 1 aliphatic heterocycles. The number of carbonyl (C=O) groups is 3. The van der Waals surface area contributed by atoms with Crippen molar-refractivity contribution in [1.82, 2.24) is 0 Å². The highest BCUT2D eigenvalue weighted by Gasteiger charge is 2.36. The zero-order valence-corrected chi connectivity index (χ0v) is 17.4. The number of aryl methyl sites for hydroxylation is 3. The molecule has 0 unspecified atom stereocenters. The molecule has 0 bridgehead atoms. The van der Waals surface area contributed by atoms with E-state index < -0.39 is 24.4 Å². The minimum absolute atomic E-state index is 0.0708. The van der Waals surface area contributed by atoms with E-state index in [1.165, 1.54) is 0 Å². The van der Waals surface area contributed by atoms with Crippen molar-refractivity contribution in [2.45, 2.75) is 27.2 Å². The summed E-state index contributed by atoms with van der Waals surface area (Å²) in [5.74, 6) is -1.74. The van der Waals surface area contributed by atoms with Gasteiger partial charge >= 0.3 is 5.97 Å². The van der Waals surface area contributed by atoms with Crippen LogP contribution in [0.2, 0.25) is 5.02 Å². The molecule has 0 aromatic heterocycles. The molecule has 2 aromatic rings. The summed E-state index contributed by atoms with van der Waals surface area (Å²) >= 11 is 6.04. The van der Waals surface area contributed by atoms with E-state index in [9.17, 15) is 14.4 Å². The predicted octanol–water partition coefficient (Wildman–Crippen LogP) is 3.80. The molecule has 2 aromatic carbocycles. The number of amides is 2. The van der Waals surface area contributed by atoms with Crippen molar-refractivity contribution in [2.24, 2.45) is 5.92 Å².